The van der Waals surface area contributed by atoms with Crippen LogP contribution in [0.1, 0.15) is 40.7 Å². The summed E-state index contributed by atoms with van der Waals surface area (Å²) in [7, 11) is 1.59. The quantitative estimate of drug-likeness (QED) is 0.772. The summed E-state index contributed by atoms with van der Waals surface area (Å²) in [6.07, 6.45) is 2.53. The third-order valence-corrected chi connectivity index (χ3v) is 5.75. The molecule has 0 aliphatic carbocycles. The molecule has 3 rings (SSSR count). The smallest absolute Gasteiger partial charge is 0.251 e. The summed E-state index contributed by atoms with van der Waals surface area (Å²) in [5.41, 5.74) is 3.12. The summed E-state index contributed by atoms with van der Waals surface area (Å²) < 4.78 is 0. The Morgan fingerprint density at radius 3 is 2.37 bits per heavy atom. The third kappa shape index (κ3) is 5.26. The number of carbonyl (C=O) groups is 3. The molecule has 2 aromatic rings. The number of hydrogen-bond donors (Lipinski definition) is 2. The molecular weight excluding hydrogens is 378 g/mol. The molecule has 158 valence electrons. The number of likely N-dealkylation sites (tertiary alicyclic amines) is 1. The molecule has 0 radical (unpaired) electrons. The molecule has 2 N–H and O–H groups in total. The SMILES string of the molecule is CNC(=O)c1cccc(NC(=O)C2CCN(C(=O)CCc3ccccc3)CC2)c1C. The van der Waals surface area contributed by atoms with Crippen LogP contribution in [0.15, 0.2) is 48.5 Å². The third-order valence-electron chi connectivity index (χ3n) is 5.75. The van der Waals surface area contributed by atoms with Crippen LogP contribution in [-0.2, 0) is 16.0 Å². The Bertz CT molecular complexity index is 903. The van der Waals surface area contributed by atoms with Gasteiger partial charge in [-0.25, -0.2) is 0 Å². The first-order valence-electron chi connectivity index (χ1n) is 10.4. The van der Waals surface area contributed by atoms with Crippen molar-refractivity contribution in [3.63, 3.8) is 0 Å². The van der Waals surface area contributed by atoms with E-state index >= 15 is 0 Å². The number of rotatable bonds is 6. The lowest BCUT2D eigenvalue weighted by Crippen LogP contribution is -2.41. The van der Waals surface area contributed by atoms with E-state index in [2.05, 4.69) is 10.6 Å². The Morgan fingerprint density at radius 2 is 1.70 bits per heavy atom. The topological polar surface area (TPSA) is 78.5 Å². The second-order valence-electron chi connectivity index (χ2n) is 7.69. The van der Waals surface area contributed by atoms with Gasteiger partial charge in [0, 0.05) is 43.7 Å². The Kier molecular flexibility index (Phi) is 7.22. The fourth-order valence-corrected chi connectivity index (χ4v) is 3.83. The molecule has 0 saturated carbocycles. The van der Waals surface area contributed by atoms with Crippen molar-refractivity contribution < 1.29 is 14.4 Å². The molecule has 1 saturated heterocycles. The van der Waals surface area contributed by atoms with E-state index in [1.54, 1.807) is 19.2 Å². The van der Waals surface area contributed by atoms with E-state index < -0.39 is 0 Å². The van der Waals surface area contributed by atoms with Crippen molar-refractivity contribution >= 4 is 23.4 Å². The summed E-state index contributed by atoms with van der Waals surface area (Å²) in [6.45, 7) is 3.03. The van der Waals surface area contributed by atoms with Crippen LogP contribution in [0.4, 0.5) is 5.69 Å². The molecule has 30 heavy (non-hydrogen) atoms. The standard InChI is InChI=1S/C24H29N3O3/c1-17-20(24(30)25-2)9-6-10-21(17)26-23(29)19-13-15-27(16-14-19)22(28)12-11-18-7-4-3-5-8-18/h3-10,19H,11-16H2,1-2H3,(H,25,30)(H,26,29). The van der Waals surface area contributed by atoms with Gasteiger partial charge in [-0.05, 0) is 49.4 Å². The number of benzene rings is 2. The van der Waals surface area contributed by atoms with Crippen LogP contribution in [0.25, 0.3) is 0 Å². The first kappa shape index (κ1) is 21.6. The maximum absolute atomic E-state index is 12.7. The molecule has 6 nitrogen and oxygen atoms in total. The van der Waals surface area contributed by atoms with E-state index in [-0.39, 0.29) is 23.6 Å². The summed E-state index contributed by atoms with van der Waals surface area (Å²) in [5, 5.41) is 5.58. The van der Waals surface area contributed by atoms with Gasteiger partial charge in [0.15, 0.2) is 0 Å². The normalized spacial score (nSPS) is 14.3. The van der Waals surface area contributed by atoms with E-state index in [0.29, 0.717) is 43.6 Å². The van der Waals surface area contributed by atoms with Gasteiger partial charge in [0.2, 0.25) is 11.8 Å². The highest BCUT2D eigenvalue weighted by Gasteiger charge is 2.27. The Morgan fingerprint density at radius 1 is 1.00 bits per heavy atom. The number of nitrogens with zero attached hydrogens (tertiary/aromatic N) is 1. The molecular formula is C24H29N3O3. The van der Waals surface area contributed by atoms with Crippen molar-refractivity contribution in [1.82, 2.24) is 10.2 Å². The molecule has 0 atom stereocenters. The summed E-state index contributed by atoms with van der Waals surface area (Å²) in [5.74, 6) is -0.215. The maximum Gasteiger partial charge on any atom is 0.251 e. The first-order valence-corrected chi connectivity index (χ1v) is 10.4. The summed E-state index contributed by atoms with van der Waals surface area (Å²) >= 11 is 0. The zero-order valence-electron chi connectivity index (χ0n) is 17.6. The zero-order valence-corrected chi connectivity index (χ0v) is 17.6. The van der Waals surface area contributed by atoms with Gasteiger partial charge < -0.3 is 15.5 Å². The maximum atomic E-state index is 12.7. The van der Waals surface area contributed by atoms with Gasteiger partial charge in [0.1, 0.15) is 0 Å². The van der Waals surface area contributed by atoms with Crippen molar-refractivity contribution in [3.8, 4) is 0 Å². The Balaban J connectivity index is 1.51. The molecule has 2 aromatic carbocycles. The van der Waals surface area contributed by atoms with Gasteiger partial charge in [0.05, 0.1) is 0 Å². The number of nitrogens with one attached hydrogen (secondary N) is 2. The fraction of sp³-hybridized carbons (Fsp3) is 0.375. The van der Waals surface area contributed by atoms with Gasteiger partial charge in [0.25, 0.3) is 5.91 Å². The second-order valence-corrected chi connectivity index (χ2v) is 7.69. The number of piperidine rings is 1. The number of anilines is 1. The fourth-order valence-electron chi connectivity index (χ4n) is 3.83. The van der Waals surface area contributed by atoms with Crippen molar-refractivity contribution in [2.75, 3.05) is 25.5 Å². The second kappa shape index (κ2) is 10.1. The number of aryl methyl sites for hydroxylation is 1. The van der Waals surface area contributed by atoms with Crippen LogP contribution in [-0.4, -0.2) is 42.8 Å². The highest BCUT2D eigenvalue weighted by Crippen LogP contribution is 2.23. The van der Waals surface area contributed by atoms with Gasteiger partial charge in [-0.3, -0.25) is 14.4 Å². The molecule has 0 aromatic heterocycles. The minimum Gasteiger partial charge on any atom is -0.355 e. The minimum absolute atomic E-state index is 0.0523. The van der Waals surface area contributed by atoms with Crippen molar-refractivity contribution in [2.45, 2.75) is 32.6 Å². The molecule has 0 bridgehead atoms. The highest BCUT2D eigenvalue weighted by molar-refractivity contribution is 5.99. The van der Waals surface area contributed by atoms with Crippen molar-refractivity contribution in [3.05, 3.63) is 65.2 Å². The summed E-state index contributed by atoms with van der Waals surface area (Å²) in [4.78, 5) is 39.1. The predicted octanol–water partition coefficient (Wildman–Crippen LogP) is 3.16. The van der Waals surface area contributed by atoms with Crippen LogP contribution >= 0.6 is 0 Å². The number of amides is 3. The number of carbonyl (C=O) groups excluding carboxylic acids is 3. The molecule has 6 heteroatoms. The molecule has 3 amide bonds. The average molecular weight is 408 g/mol. The van der Waals surface area contributed by atoms with E-state index in [0.717, 1.165) is 17.5 Å². The van der Waals surface area contributed by atoms with Gasteiger partial charge >= 0.3 is 0 Å². The van der Waals surface area contributed by atoms with E-state index in [4.69, 9.17) is 0 Å². The monoisotopic (exact) mass is 407 g/mol. The lowest BCUT2D eigenvalue weighted by Gasteiger charge is -2.31. The van der Waals surface area contributed by atoms with Crippen LogP contribution in [0.3, 0.4) is 0 Å². The molecule has 0 spiro atoms. The zero-order chi connectivity index (χ0) is 21.5. The van der Waals surface area contributed by atoms with Crippen molar-refractivity contribution in [1.29, 1.82) is 0 Å². The lowest BCUT2D eigenvalue weighted by atomic mass is 9.95. The van der Waals surface area contributed by atoms with E-state index in [9.17, 15) is 14.4 Å². The molecule has 1 aliphatic heterocycles. The highest BCUT2D eigenvalue weighted by atomic mass is 16.2. The lowest BCUT2D eigenvalue weighted by molar-refractivity contribution is -0.134. The molecule has 1 fully saturated rings. The Hall–Kier alpha value is -3.15. The van der Waals surface area contributed by atoms with E-state index in [1.165, 1.54) is 0 Å². The Labute approximate surface area is 177 Å². The van der Waals surface area contributed by atoms with Crippen LogP contribution in [0.2, 0.25) is 0 Å². The van der Waals surface area contributed by atoms with Crippen LogP contribution in [0.5, 0.6) is 0 Å². The number of hydrogen-bond acceptors (Lipinski definition) is 3. The summed E-state index contributed by atoms with van der Waals surface area (Å²) in [6, 6.07) is 15.3. The van der Waals surface area contributed by atoms with Gasteiger partial charge in [-0.1, -0.05) is 36.4 Å². The minimum atomic E-state index is -0.175. The van der Waals surface area contributed by atoms with Gasteiger partial charge in [-0.15, -0.1) is 0 Å². The van der Waals surface area contributed by atoms with Crippen LogP contribution in [0, 0.1) is 12.8 Å². The molecule has 1 heterocycles. The van der Waals surface area contributed by atoms with Crippen molar-refractivity contribution in [2.24, 2.45) is 5.92 Å². The van der Waals surface area contributed by atoms with E-state index in [1.807, 2.05) is 48.2 Å². The largest absolute Gasteiger partial charge is 0.355 e. The van der Waals surface area contributed by atoms with Crippen LogP contribution < -0.4 is 10.6 Å². The predicted molar refractivity (Wildman–Crippen MR) is 117 cm³/mol. The average Bonchev–Trinajstić information content (AvgIpc) is 2.79. The molecule has 0 unspecified atom stereocenters. The first-order chi connectivity index (χ1) is 14.5. The van der Waals surface area contributed by atoms with Gasteiger partial charge in [-0.2, -0.15) is 0 Å². The molecule has 1 aliphatic rings.